The predicted octanol–water partition coefficient (Wildman–Crippen LogP) is -0.193. The Bertz CT molecular complexity index is 145. The lowest BCUT2D eigenvalue weighted by atomic mass is 9.87. The van der Waals surface area contributed by atoms with Gasteiger partial charge in [-0.2, -0.15) is 0 Å². The van der Waals surface area contributed by atoms with Crippen LogP contribution in [0.1, 0.15) is 20.3 Å². The minimum absolute atomic E-state index is 0.0476. The minimum Gasteiger partial charge on any atom is -0.480 e. The SMILES string of the molecule is CC(C)(CO)C[C@H](N)C(=O)O. The highest BCUT2D eigenvalue weighted by Crippen LogP contribution is 2.20. The Morgan fingerprint density at radius 2 is 2.09 bits per heavy atom. The van der Waals surface area contributed by atoms with Gasteiger partial charge in [-0.15, -0.1) is 0 Å². The second kappa shape index (κ2) is 3.69. The van der Waals surface area contributed by atoms with E-state index in [9.17, 15) is 4.79 Å². The van der Waals surface area contributed by atoms with Gasteiger partial charge in [0.2, 0.25) is 0 Å². The van der Waals surface area contributed by atoms with Crippen molar-refractivity contribution in [2.24, 2.45) is 11.1 Å². The number of aliphatic hydroxyl groups excluding tert-OH is 1. The van der Waals surface area contributed by atoms with E-state index in [0.29, 0.717) is 6.42 Å². The Hall–Kier alpha value is -0.610. The molecule has 66 valence electrons. The monoisotopic (exact) mass is 161 g/mol. The third kappa shape index (κ3) is 3.95. The number of carboxylic acid groups (broad SMARTS) is 1. The highest BCUT2D eigenvalue weighted by Gasteiger charge is 2.23. The van der Waals surface area contributed by atoms with Crippen molar-refractivity contribution >= 4 is 5.97 Å². The second-order valence-corrected chi connectivity index (χ2v) is 3.47. The van der Waals surface area contributed by atoms with Crippen LogP contribution in [0.25, 0.3) is 0 Å². The fourth-order valence-electron chi connectivity index (χ4n) is 0.747. The maximum atomic E-state index is 10.3. The zero-order valence-electron chi connectivity index (χ0n) is 6.87. The molecule has 0 aromatic carbocycles. The first-order chi connectivity index (χ1) is 4.89. The molecule has 4 N–H and O–H groups in total. The smallest absolute Gasteiger partial charge is 0.320 e. The summed E-state index contributed by atoms with van der Waals surface area (Å²) < 4.78 is 0. The molecule has 11 heavy (non-hydrogen) atoms. The molecule has 0 spiro atoms. The molecule has 0 aliphatic heterocycles. The van der Waals surface area contributed by atoms with E-state index >= 15 is 0 Å². The minimum atomic E-state index is -1.02. The van der Waals surface area contributed by atoms with Crippen molar-refractivity contribution in [1.82, 2.24) is 0 Å². The summed E-state index contributed by atoms with van der Waals surface area (Å²) in [5.74, 6) is -1.02. The summed E-state index contributed by atoms with van der Waals surface area (Å²) in [4.78, 5) is 10.3. The molecule has 0 rings (SSSR count). The van der Waals surface area contributed by atoms with E-state index in [0.717, 1.165) is 0 Å². The number of hydrogen-bond donors (Lipinski definition) is 3. The third-order valence-electron chi connectivity index (χ3n) is 1.52. The summed E-state index contributed by atoms with van der Waals surface area (Å²) in [6, 6.07) is -0.878. The molecule has 0 aliphatic rings. The fraction of sp³-hybridized carbons (Fsp3) is 0.857. The van der Waals surface area contributed by atoms with Crippen molar-refractivity contribution in [3.8, 4) is 0 Å². The van der Waals surface area contributed by atoms with Crippen LogP contribution < -0.4 is 5.73 Å². The Morgan fingerprint density at radius 3 is 2.36 bits per heavy atom. The molecule has 0 aromatic heterocycles. The van der Waals surface area contributed by atoms with Gasteiger partial charge in [0.25, 0.3) is 0 Å². The van der Waals surface area contributed by atoms with E-state index in [-0.39, 0.29) is 6.61 Å². The molecule has 0 saturated heterocycles. The summed E-state index contributed by atoms with van der Waals surface area (Å²) in [6.07, 6.45) is 0.291. The van der Waals surface area contributed by atoms with Crippen LogP contribution in [-0.2, 0) is 4.79 Å². The van der Waals surface area contributed by atoms with E-state index in [1.807, 2.05) is 0 Å². The van der Waals surface area contributed by atoms with Crippen molar-refractivity contribution in [3.05, 3.63) is 0 Å². The Labute approximate surface area is 66.0 Å². The third-order valence-corrected chi connectivity index (χ3v) is 1.52. The van der Waals surface area contributed by atoms with Crippen molar-refractivity contribution in [3.63, 3.8) is 0 Å². The van der Waals surface area contributed by atoms with Gasteiger partial charge in [-0.05, 0) is 11.8 Å². The van der Waals surface area contributed by atoms with Crippen LogP contribution in [0.15, 0.2) is 0 Å². The molecule has 0 aliphatic carbocycles. The molecule has 0 radical (unpaired) electrons. The van der Waals surface area contributed by atoms with Crippen molar-refractivity contribution in [1.29, 1.82) is 0 Å². The Morgan fingerprint density at radius 1 is 1.64 bits per heavy atom. The molecule has 0 saturated carbocycles. The van der Waals surface area contributed by atoms with Gasteiger partial charge in [-0.3, -0.25) is 4.79 Å². The Balaban J connectivity index is 3.93. The summed E-state index contributed by atoms with van der Waals surface area (Å²) in [7, 11) is 0. The lowest BCUT2D eigenvalue weighted by molar-refractivity contribution is -0.139. The van der Waals surface area contributed by atoms with Crippen molar-refractivity contribution in [2.45, 2.75) is 26.3 Å². The molecule has 0 unspecified atom stereocenters. The lowest BCUT2D eigenvalue weighted by Crippen LogP contribution is -2.36. The van der Waals surface area contributed by atoms with Crippen LogP contribution in [0, 0.1) is 5.41 Å². The molecule has 1 atom stereocenters. The van der Waals surface area contributed by atoms with Gasteiger partial charge in [0.05, 0.1) is 0 Å². The fourth-order valence-corrected chi connectivity index (χ4v) is 0.747. The van der Waals surface area contributed by atoms with Gasteiger partial charge >= 0.3 is 5.97 Å². The molecule has 0 heterocycles. The highest BCUT2D eigenvalue weighted by atomic mass is 16.4. The topological polar surface area (TPSA) is 83.5 Å². The van der Waals surface area contributed by atoms with Gasteiger partial charge < -0.3 is 15.9 Å². The summed E-state index contributed by atoms with van der Waals surface area (Å²) in [6.45, 7) is 3.50. The molecule has 0 fully saturated rings. The zero-order chi connectivity index (χ0) is 9.07. The van der Waals surface area contributed by atoms with E-state index in [2.05, 4.69) is 0 Å². The number of carbonyl (C=O) groups is 1. The molecule has 4 heteroatoms. The van der Waals surface area contributed by atoms with Gasteiger partial charge in [0.1, 0.15) is 6.04 Å². The average Bonchev–Trinajstić information content (AvgIpc) is 1.87. The van der Waals surface area contributed by atoms with Gasteiger partial charge in [-0.25, -0.2) is 0 Å². The van der Waals surface area contributed by atoms with E-state index in [1.165, 1.54) is 0 Å². The molecule has 0 aromatic rings. The normalized spacial score (nSPS) is 14.5. The highest BCUT2D eigenvalue weighted by molar-refractivity contribution is 5.73. The lowest BCUT2D eigenvalue weighted by Gasteiger charge is -2.23. The van der Waals surface area contributed by atoms with Gasteiger partial charge in [0.15, 0.2) is 0 Å². The zero-order valence-corrected chi connectivity index (χ0v) is 6.87. The first-order valence-corrected chi connectivity index (χ1v) is 3.48. The quantitative estimate of drug-likeness (QED) is 0.533. The van der Waals surface area contributed by atoms with Crippen LogP contribution in [0.5, 0.6) is 0 Å². The summed E-state index contributed by atoms with van der Waals surface area (Å²) >= 11 is 0. The van der Waals surface area contributed by atoms with Crippen LogP contribution >= 0.6 is 0 Å². The first-order valence-electron chi connectivity index (χ1n) is 3.48. The van der Waals surface area contributed by atoms with Crippen molar-refractivity contribution in [2.75, 3.05) is 6.61 Å². The van der Waals surface area contributed by atoms with Crippen molar-refractivity contribution < 1.29 is 15.0 Å². The Kier molecular flexibility index (Phi) is 3.48. The number of rotatable bonds is 4. The summed E-state index contributed by atoms with van der Waals surface area (Å²) in [5, 5.41) is 17.2. The van der Waals surface area contributed by atoms with Gasteiger partial charge in [-0.1, -0.05) is 13.8 Å². The summed E-state index contributed by atoms with van der Waals surface area (Å²) in [5.41, 5.74) is 4.86. The van der Waals surface area contributed by atoms with Crippen LogP contribution in [0.3, 0.4) is 0 Å². The standard InChI is InChI=1S/C7H15NO3/c1-7(2,4-9)3-5(8)6(10)11/h5,9H,3-4,8H2,1-2H3,(H,10,11)/t5-/m0/s1. The predicted molar refractivity (Wildman–Crippen MR) is 41.1 cm³/mol. The van der Waals surface area contributed by atoms with Crippen LogP contribution in [0.2, 0.25) is 0 Å². The van der Waals surface area contributed by atoms with E-state index < -0.39 is 17.4 Å². The number of carboxylic acids is 1. The first kappa shape index (κ1) is 10.4. The number of nitrogens with two attached hydrogens (primary N) is 1. The van der Waals surface area contributed by atoms with Crippen LogP contribution in [0.4, 0.5) is 0 Å². The maximum Gasteiger partial charge on any atom is 0.320 e. The van der Waals surface area contributed by atoms with E-state index in [1.54, 1.807) is 13.8 Å². The second-order valence-electron chi connectivity index (χ2n) is 3.47. The molecule has 0 bridgehead atoms. The largest absolute Gasteiger partial charge is 0.480 e. The van der Waals surface area contributed by atoms with E-state index in [4.69, 9.17) is 15.9 Å². The maximum absolute atomic E-state index is 10.3. The molecule has 0 amide bonds. The molecular formula is C7H15NO3. The molecular weight excluding hydrogens is 146 g/mol. The average molecular weight is 161 g/mol. The van der Waals surface area contributed by atoms with Gasteiger partial charge in [0, 0.05) is 6.61 Å². The molecule has 4 nitrogen and oxygen atoms in total. The number of aliphatic carboxylic acids is 1. The number of hydrogen-bond acceptors (Lipinski definition) is 3. The van der Waals surface area contributed by atoms with Crippen LogP contribution in [-0.4, -0.2) is 28.8 Å². The number of aliphatic hydroxyl groups is 1.